The summed E-state index contributed by atoms with van der Waals surface area (Å²) in [7, 11) is 2.66. The molecule has 0 saturated carbocycles. The number of hydrogen-bond acceptors (Lipinski definition) is 4. The molecule has 6 nitrogen and oxygen atoms in total. The van der Waals surface area contributed by atoms with Gasteiger partial charge in [-0.15, -0.1) is 0 Å². The van der Waals surface area contributed by atoms with Crippen LogP contribution in [0.2, 0.25) is 0 Å². The van der Waals surface area contributed by atoms with Crippen LogP contribution < -0.4 is 5.32 Å². The van der Waals surface area contributed by atoms with Gasteiger partial charge >= 0.3 is 12.1 Å². The molecule has 1 heterocycles. The number of hydrogen-bond donors (Lipinski definition) is 1. The van der Waals surface area contributed by atoms with Crippen LogP contribution in [0, 0.1) is 6.92 Å². The summed E-state index contributed by atoms with van der Waals surface area (Å²) >= 11 is 0. The van der Waals surface area contributed by atoms with Gasteiger partial charge in [-0.25, -0.2) is 4.79 Å². The lowest BCUT2D eigenvalue weighted by molar-refractivity contribution is -0.137. The lowest BCUT2D eigenvalue weighted by Gasteiger charge is -2.10. The smallest absolute Gasteiger partial charge is 0.416 e. The fourth-order valence-electron chi connectivity index (χ4n) is 2.16. The number of nitrogens with zero attached hydrogens (tertiary/aromatic N) is 2. The van der Waals surface area contributed by atoms with Crippen LogP contribution in [0.15, 0.2) is 24.3 Å². The van der Waals surface area contributed by atoms with Crippen molar-refractivity contribution in [3.05, 3.63) is 46.8 Å². The average molecular weight is 341 g/mol. The number of benzene rings is 1. The van der Waals surface area contributed by atoms with E-state index in [4.69, 9.17) is 0 Å². The van der Waals surface area contributed by atoms with Gasteiger partial charge in [-0.05, 0) is 25.1 Å². The Labute approximate surface area is 135 Å². The molecular weight excluding hydrogens is 327 g/mol. The third-order valence-electron chi connectivity index (χ3n) is 3.29. The van der Waals surface area contributed by atoms with E-state index in [1.807, 2.05) is 0 Å². The molecule has 0 saturated heterocycles. The largest absolute Gasteiger partial charge is 0.464 e. The van der Waals surface area contributed by atoms with Crippen LogP contribution in [0.25, 0.3) is 0 Å². The Kier molecular flexibility index (Phi) is 4.63. The SMILES string of the molecule is COC(=O)c1c(NC(=O)c2cccc(C(F)(F)F)c2)c(C)nn1C. The molecule has 1 aromatic heterocycles. The average Bonchev–Trinajstić information content (AvgIpc) is 2.79. The van der Waals surface area contributed by atoms with Crippen LogP contribution in [0.1, 0.15) is 32.1 Å². The molecule has 1 amide bonds. The number of alkyl halides is 3. The Morgan fingerprint density at radius 1 is 1.29 bits per heavy atom. The Morgan fingerprint density at radius 3 is 2.54 bits per heavy atom. The van der Waals surface area contributed by atoms with Gasteiger partial charge in [0.25, 0.3) is 5.91 Å². The lowest BCUT2D eigenvalue weighted by atomic mass is 10.1. The van der Waals surface area contributed by atoms with Crippen molar-refractivity contribution in [3.63, 3.8) is 0 Å². The van der Waals surface area contributed by atoms with Crippen LogP contribution >= 0.6 is 0 Å². The van der Waals surface area contributed by atoms with E-state index >= 15 is 0 Å². The summed E-state index contributed by atoms with van der Waals surface area (Å²) in [6, 6.07) is 3.98. The first-order valence-electron chi connectivity index (χ1n) is 6.75. The molecule has 9 heteroatoms. The molecule has 0 aliphatic heterocycles. The normalized spacial score (nSPS) is 11.2. The van der Waals surface area contributed by atoms with Crippen LogP contribution in [-0.2, 0) is 18.0 Å². The van der Waals surface area contributed by atoms with E-state index in [-0.39, 0.29) is 16.9 Å². The lowest BCUT2D eigenvalue weighted by Crippen LogP contribution is -2.17. The number of carbonyl (C=O) groups excluding carboxylic acids is 2. The third kappa shape index (κ3) is 3.39. The number of amides is 1. The Bertz CT molecular complexity index is 797. The quantitative estimate of drug-likeness (QED) is 0.872. The van der Waals surface area contributed by atoms with Gasteiger partial charge in [0, 0.05) is 12.6 Å². The summed E-state index contributed by atoms with van der Waals surface area (Å²) in [6.45, 7) is 1.55. The number of halogens is 3. The molecule has 0 bridgehead atoms. The standard InChI is InChI=1S/C15H14F3N3O3/c1-8-11(12(14(23)24-3)21(2)20-8)19-13(22)9-5-4-6-10(7-9)15(16,17)18/h4-7H,1-3H3,(H,19,22). The Morgan fingerprint density at radius 2 is 1.96 bits per heavy atom. The summed E-state index contributed by atoms with van der Waals surface area (Å²) in [5.41, 5.74) is -0.713. The topological polar surface area (TPSA) is 73.2 Å². The maximum absolute atomic E-state index is 12.7. The second-order valence-corrected chi connectivity index (χ2v) is 4.96. The van der Waals surface area contributed by atoms with Crippen molar-refractivity contribution in [2.75, 3.05) is 12.4 Å². The maximum atomic E-state index is 12.7. The zero-order chi connectivity index (χ0) is 18.1. The van der Waals surface area contributed by atoms with E-state index in [9.17, 15) is 22.8 Å². The zero-order valence-electron chi connectivity index (χ0n) is 13.1. The molecular formula is C15H14F3N3O3. The fourth-order valence-corrected chi connectivity index (χ4v) is 2.16. The minimum Gasteiger partial charge on any atom is -0.464 e. The van der Waals surface area contributed by atoms with Gasteiger partial charge in [0.15, 0.2) is 5.69 Å². The number of anilines is 1. The molecule has 0 aliphatic carbocycles. The van der Waals surface area contributed by atoms with Gasteiger partial charge < -0.3 is 10.1 Å². The van der Waals surface area contributed by atoms with E-state index in [1.165, 1.54) is 24.9 Å². The maximum Gasteiger partial charge on any atom is 0.416 e. The molecule has 2 aromatic rings. The summed E-state index contributed by atoms with van der Waals surface area (Å²) in [4.78, 5) is 24.0. The van der Waals surface area contributed by atoms with E-state index in [2.05, 4.69) is 15.2 Å². The molecule has 0 unspecified atom stereocenters. The predicted molar refractivity (Wildman–Crippen MR) is 78.7 cm³/mol. The molecule has 0 fully saturated rings. The van der Waals surface area contributed by atoms with Gasteiger partial charge in [0.05, 0.1) is 24.1 Å². The monoisotopic (exact) mass is 341 g/mol. The zero-order valence-corrected chi connectivity index (χ0v) is 13.1. The van der Waals surface area contributed by atoms with Crippen molar-refractivity contribution in [1.82, 2.24) is 9.78 Å². The number of esters is 1. The molecule has 0 atom stereocenters. The predicted octanol–water partition coefficient (Wildman–Crippen LogP) is 2.79. The van der Waals surface area contributed by atoms with E-state index in [0.717, 1.165) is 18.2 Å². The van der Waals surface area contributed by atoms with Crippen LogP contribution in [0.4, 0.5) is 18.9 Å². The summed E-state index contributed by atoms with van der Waals surface area (Å²) in [5.74, 6) is -1.51. The van der Waals surface area contributed by atoms with Gasteiger partial charge in [-0.1, -0.05) is 6.07 Å². The second kappa shape index (κ2) is 6.34. The molecule has 0 radical (unpaired) electrons. The highest BCUT2D eigenvalue weighted by atomic mass is 19.4. The van der Waals surface area contributed by atoms with Crippen molar-refractivity contribution in [2.24, 2.45) is 7.05 Å². The molecule has 2 rings (SSSR count). The highest BCUT2D eigenvalue weighted by molar-refractivity contribution is 6.08. The first-order chi connectivity index (χ1) is 11.1. The number of methoxy groups -OCH3 is 1. The highest BCUT2D eigenvalue weighted by Gasteiger charge is 2.31. The fraction of sp³-hybridized carbons (Fsp3) is 0.267. The molecule has 0 aliphatic rings. The number of ether oxygens (including phenoxy) is 1. The number of carbonyl (C=O) groups is 2. The van der Waals surface area contributed by atoms with Crippen molar-refractivity contribution >= 4 is 17.6 Å². The Hall–Kier alpha value is -2.84. The van der Waals surface area contributed by atoms with Crippen molar-refractivity contribution in [3.8, 4) is 0 Å². The van der Waals surface area contributed by atoms with Crippen LogP contribution in [0.5, 0.6) is 0 Å². The first-order valence-corrected chi connectivity index (χ1v) is 6.75. The van der Waals surface area contributed by atoms with E-state index in [0.29, 0.717) is 5.69 Å². The van der Waals surface area contributed by atoms with Gasteiger partial charge in [0.1, 0.15) is 0 Å². The van der Waals surface area contributed by atoms with Crippen molar-refractivity contribution in [2.45, 2.75) is 13.1 Å². The number of aryl methyl sites for hydroxylation is 2. The molecule has 1 N–H and O–H groups in total. The van der Waals surface area contributed by atoms with Gasteiger partial charge in [-0.3, -0.25) is 9.48 Å². The number of nitrogens with one attached hydrogen (secondary N) is 1. The summed E-state index contributed by atoms with van der Waals surface area (Å²) < 4.78 is 44.1. The molecule has 24 heavy (non-hydrogen) atoms. The Balaban J connectivity index is 2.36. The van der Waals surface area contributed by atoms with E-state index in [1.54, 1.807) is 6.92 Å². The number of aromatic nitrogens is 2. The van der Waals surface area contributed by atoms with Crippen LogP contribution in [0.3, 0.4) is 0 Å². The van der Waals surface area contributed by atoms with E-state index < -0.39 is 23.6 Å². The highest BCUT2D eigenvalue weighted by Crippen LogP contribution is 2.30. The first kappa shape index (κ1) is 17.5. The summed E-state index contributed by atoms with van der Waals surface area (Å²) in [6.07, 6.45) is -4.56. The van der Waals surface area contributed by atoms with Crippen LogP contribution in [-0.4, -0.2) is 28.8 Å². The van der Waals surface area contributed by atoms with Crippen molar-refractivity contribution < 1.29 is 27.5 Å². The summed E-state index contributed by atoms with van der Waals surface area (Å²) in [5, 5.41) is 6.42. The minimum atomic E-state index is -4.56. The van der Waals surface area contributed by atoms with Gasteiger partial charge in [-0.2, -0.15) is 18.3 Å². The second-order valence-electron chi connectivity index (χ2n) is 4.96. The van der Waals surface area contributed by atoms with Crippen molar-refractivity contribution in [1.29, 1.82) is 0 Å². The number of rotatable bonds is 3. The molecule has 128 valence electrons. The minimum absolute atomic E-state index is 0.00433. The molecule has 0 spiro atoms. The third-order valence-corrected chi connectivity index (χ3v) is 3.29. The van der Waals surface area contributed by atoms with Gasteiger partial charge in [0.2, 0.25) is 0 Å². The molecule has 1 aromatic carbocycles.